The molecule has 1 amide bonds. The molecule has 3 aromatic rings. The van der Waals surface area contributed by atoms with Crippen LogP contribution in [0.15, 0.2) is 48.5 Å². The number of hydrogen-bond donors (Lipinski definition) is 2. The second-order valence-corrected chi connectivity index (χ2v) is 6.40. The number of carbonyl (C=O) groups is 1. The van der Waals surface area contributed by atoms with Gasteiger partial charge in [-0.15, -0.1) is 10.2 Å². The van der Waals surface area contributed by atoms with Gasteiger partial charge >= 0.3 is 0 Å². The summed E-state index contributed by atoms with van der Waals surface area (Å²) in [7, 11) is 0. The number of fused-ring (bicyclic) bond motifs is 1. The van der Waals surface area contributed by atoms with Crippen LogP contribution in [0.2, 0.25) is 0 Å². The normalized spacial score (nSPS) is 14.0. The number of nitrogens with zero attached hydrogens (tertiary/aromatic N) is 4. The van der Waals surface area contributed by atoms with Crippen molar-refractivity contribution in [1.82, 2.24) is 30.8 Å². The Labute approximate surface area is 151 Å². The molecule has 2 N–H and O–H groups in total. The Hall–Kier alpha value is -3.06. The summed E-state index contributed by atoms with van der Waals surface area (Å²) in [5, 5.41) is 18.7. The van der Waals surface area contributed by atoms with E-state index in [4.69, 9.17) is 0 Å². The molecule has 7 nitrogen and oxygen atoms in total. The van der Waals surface area contributed by atoms with Gasteiger partial charge in [-0.25, -0.2) is 0 Å². The SMILES string of the molecule is CC(C(=O)NCc1ccc2c(c1)CNC2)n1nnc(-c2ccccc2)n1. The average Bonchev–Trinajstić information content (AvgIpc) is 3.35. The highest BCUT2D eigenvalue weighted by Crippen LogP contribution is 2.17. The Morgan fingerprint density at radius 1 is 1.19 bits per heavy atom. The van der Waals surface area contributed by atoms with Gasteiger partial charge in [-0.2, -0.15) is 4.80 Å². The molecule has 1 aliphatic rings. The van der Waals surface area contributed by atoms with Gasteiger partial charge in [-0.3, -0.25) is 4.79 Å². The smallest absolute Gasteiger partial charge is 0.246 e. The molecule has 2 aromatic carbocycles. The Bertz CT molecular complexity index is 921. The number of hydrogen-bond acceptors (Lipinski definition) is 5. The van der Waals surface area contributed by atoms with Gasteiger partial charge in [0.25, 0.3) is 0 Å². The first-order chi connectivity index (χ1) is 12.7. The number of aromatic nitrogens is 4. The Balaban J connectivity index is 1.40. The summed E-state index contributed by atoms with van der Waals surface area (Å²) in [6.07, 6.45) is 0. The number of rotatable bonds is 5. The van der Waals surface area contributed by atoms with Crippen LogP contribution in [0.3, 0.4) is 0 Å². The number of nitrogens with one attached hydrogen (secondary N) is 2. The Kier molecular flexibility index (Phi) is 4.45. The van der Waals surface area contributed by atoms with Gasteiger partial charge in [-0.05, 0) is 28.8 Å². The van der Waals surface area contributed by atoms with Crippen molar-refractivity contribution in [3.8, 4) is 11.4 Å². The summed E-state index contributed by atoms with van der Waals surface area (Å²) in [6.45, 7) is 4.05. The highest BCUT2D eigenvalue weighted by Gasteiger charge is 2.19. The Morgan fingerprint density at radius 3 is 2.85 bits per heavy atom. The van der Waals surface area contributed by atoms with Crippen molar-refractivity contribution in [2.75, 3.05) is 0 Å². The molecule has 0 bridgehead atoms. The van der Waals surface area contributed by atoms with Gasteiger partial charge in [0.2, 0.25) is 11.7 Å². The molecule has 2 heterocycles. The van der Waals surface area contributed by atoms with E-state index < -0.39 is 6.04 Å². The highest BCUT2D eigenvalue weighted by molar-refractivity contribution is 5.79. The van der Waals surface area contributed by atoms with Crippen LogP contribution in [0.4, 0.5) is 0 Å². The van der Waals surface area contributed by atoms with E-state index in [1.807, 2.05) is 30.3 Å². The molecule has 26 heavy (non-hydrogen) atoms. The number of benzene rings is 2. The van der Waals surface area contributed by atoms with Gasteiger partial charge in [0.05, 0.1) is 0 Å². The molecule has 4 rings (SSSR count). The van der Waals surface area contributed by atoms with Gasteiger partial charge in [0.1, 0.15) is 6.04 Å². The van der Waals surface area contributed by atoms with Crippen molar-refractivity contribution in [2.24, 2.45) is 0 Å². The molecule has 1 unspecified atom stereocenters. The van der Waals surface area contributed by atoms with Gasteiger partial charge in [-0.1, -0.05) is 48.5 Å². The zero-order valence-corrected chi connectivity index (χ0v) is 14.5. The monoisotopic (exact) mass is 348 g/mol. The standard InChI is InChI=1S/C19H20N6O/c1-13(25-23-18(22-24-25)15-5-3-2-4-6-15)19(26)21-10-14-7-8-16-11-20-12-17(16)9-14/h2-9,13,20H,10-12H2,1H3,(H,21,26). The van der Waals surface area contributed by atoms with Crippen molar-refractivity contribution in [3.63, 3.8) is 0 Å². The summed E-state index contributed by atoms with van der Waals surface area (Å²) in [6, 6.07) is 15.4. The maximum absolute atomic E-state index is 12.4. The molecule has 0 radical (unpaired) electrons. The largest absolute Gasteiger partial charge is 0.350 e. The van der Waals surface area contributed by atoms with Crippen LogP contribution >= 0.6 is 0 Å². The fraction of sp³-hybridized carbons (Fsp3) is 0.263. The van der Waals surface area contributed by atoms with Crippen molar-refractivity contribution in [2.45, 2.75) is 32.6 Å². The second kappa shape index (κ2) is 7.05. The molecule has 1 aliphatic heterocycles. The molecule has 132 valence electrons. The average molecular weight is 348 g/mol. The van der Waals surface area contributed by atoms with Gasteiger partial charge < -0.3 is 10.6 Å². The van der Waals surface area contributed by atoms with Crippen LogP contribution in [0.5, 0.6) is 0 Å². The minimum absolute atomic E-state index is 0.138. The lowest BCUT2D eigenvalue weighted by Crippen LogP contribution is -2.31. The van der Waals surface area contributed by atoms with Crippen molar-refractivity contribution in [3.05, 3.63) is 65.2 Å². The number of amides is 1. The molecule has 7 heteroatoms. The second-order valence-electron chi connectivity index (χ2n) is 6.40. The fourth-order valence-electron chi connectivity index (χ4n) is 2.99. The molecule has 0 spiro atoms. The third-order valence-electron chi connectivity index (χ3n) is 4.55. The lowest BCUT2D eigenvalue weighted by atomic mass is 10.1. The summed E-state index contributed by atoms with van der Waals surface area (Å²) in [5.41, 5.74) is 4.59. The zero-order chi connectivity index (χ0) is 17.9. The van der Waals surface area contributed by atoms with Crippen LogP contribution in [-0.4, -0.2) is 26.1 Å². The third kappa shape index (κ3) is 3.34. The number of carbonyl (C=O) groups excluding carboxylic acids is 1. The summed E-state index contributed by atoms with van der Waals surface area (Å²) < 4.78 is 0. The third-order valence-corrected chi connectivity index (χ3v) is 4.55. The zero-order valence-electron chi connectivity index (χ0n) is 14.5. The Morgan fingerprint density at radius 2 is 2.00 bits per heavy atom. The minimum Gasteiger partial charge on any atom is -0.350 e. The van der Waals surface area contributed by atoms with Crippen LogP contribution in [0.25, 0.3) is 11.4 Å². The van der Waals surface area contributed by atoms with Crippen molar-refractivity contribution < 1.29 is 4.79 Å². The van der Waals surface area contributed by atoms with E-state index >= 15 is 0 Å². The lowest BCUT2D eigenvalue weighted by Gasteiger charge is -2.11. The molecule has 0 saturated carbocycles. The first-order valence-corrected chi connectivity index (χ1v) is 8.65. The van der Waals surface area contributed by atoms with E-state index in [1.54, 1.807) is 6.92 Å². The molecule has 0 aliphatic carbocycles. The van der Waals surface area contributed by atoms with E-state index in [0.717, 1.165) is 24.2 Å². The molecule has 0 saturated heterocycles. The fourth-order valence-corrected chi connectivity index (χ4v) is 2.99. The molecular weight excluding hydrogens is 328 g/mol. The van der Waals surface area contributed by atoms with Gasteiger partial charge in [0, 0.05) is 25.2 Å². The summed E-state index contributed by atoms with van der Waals surface area (Å²) in [5.74, 6) is 0.372. The number of tetrazole rings is 1. The van der Waals surface area contributed by atoms with Crippen molar-refractivity contribution >= 4 is 5.91 Å². The van der Waals surface area contributed by atoms with Crippen LogP contribution in [0, 0.1) is 0 Å². The highest BCUT2D eigenvalue weighted by atomic mass is 16.2. The van der Waals surface area contributed by atoms with E-state index in [2.05, 4.69) is 44.2 Å². The van der Waals surface area contributed by atoms with E-state index in [-0.39, 0.29) is 5.91 Å². The summed E-state index contributed by atoms with van der Waals surface area (Å²) in [4.78, 5) is 13.8. The van der Waals surface area contributed by atoms with E-state index in [1.165, 1.54) is 15.9 Å². The van der Waals surface area contributed by atoms with Crippen LogP contribution < -0.4 is 10.6 Å². The first kappa shape index (κ1) is 16.4. The quantitative estimate of drug-likeness (QED) is 0.735. The molecule has 0 fully saturated rings. The molecule has 1 atom stereocenters. The topological polar surface area (TPSA) is 84.7 Å². The lowest BCUT2D eigenvalue weighted by molar-refractivity contribution is -0.124. The van der Waals surface area contributed by atoms with E-state index in [9.17, 15) is 4.79 Å². The van der Waals surface area contributed by atoms with E-state index in [0.29, 0.717) is 12.4 Å². The predicted molar refractivity (Wildman–Crippen MR) is 96.8 cm³/mol. The van der Waals surface area contributed by atoms with Crippen LogP contribution in [-0.2, 0) is 24.4 Å². The maximum Gasteiger partial charge on any atom is 0.246 e. The predicted octanol–water partition coefficient (Wildman–Crippen LogP) is 1.82. The first-order valence-electron chi connectivity index (χ1n) is 8.65. The van der Waals surface area contributed by atoms with Gasteiger partial charge in [0.15, 0.2) is 0 Å². The minimum atomic E-state index is -0.531. The van der Waals surface area contributed by atoms with Crippen molar-refractivity contribution in [1.29, 1.82) is 0 Å². The maximum atomic E-state index is 12.4. The van der Waals surface area contributed by atoms with Crippen LogP contribution in [0.1, 0.15) is 29.7 Å². The summed E-state index contributed by atoms with van der Waals surface area (Å²) >= 11 is 0. The molecule has 1 aromatic heterocycles. The molecular formula is C19H20N6O.